The predicted molar refractivity (Wildman–Crippen MR) is 122 cm³/mol. The van der Waals surface area contributed by atoms with E-state index >= 15 is 0 Å². The van der Waals surface area contributed by atoms with Gasteiger partial charge in [-0.15, -0.1) is 0 Å². The van der Waals surface area contributed by atoms with E-state index in [2.05, 4.69) is 15.4 Å². The predicted octanol–water partition coefficient (Wildman–Crippen LogP) is 4.31. The van der Waals surface area contributed by atoms with Crippen LogP contribution in [-0.2, 0) is 14.8 Å². The Morgan fingerprint density at radius 2 is 1.35 bits per heavy atom. The zero-order valence-electron chi connectivity index (χ0n) is 17.4. The maximum absolute atomic E-state index is 12.8. The Labute approximate surface area is 181 Å². The number of carbonyl (C=O) groups excluding carboxylic acids is 2. The third kappa shape index (κ3) is 5.49. The van der Waals surface area contributed by atoms with E-state index in [1.807, 2.05) is 6.92 Å². The molecule has 3 aromatic carbocycles. The fourth-order valence-corrected chi connectivity index (χ4v) is 4.07. The summed E-state index contributed by atoms with van der Waals surface area (Å²) in [5.74, 6) is -0.557. The molecule has 0 saturated carbocycles. The van der Waals surface area contributed by atoms with Crippen LogP contribution in [0, 0.1) is 13.8 Å². The summed E-state index contributed by atoms with van der Waals surface area (Å²) in [5.41, 5.74) is 3.30. The molecule has 3 N–H and O–H groups in total. The van der Waals surface area contributed by atoms with Crippen LogP contribution in [0.25, 0.3) is 0 Å². The summed E-state index contributed by atoms with van der Waals surface area (Å²) in [6.07, 6.45) is 0. The highest BCUT2D eigenvalue weighted by Crippen LogP contribution is 2.24. The maximum atomic E-state index is 12.8. The van der Waals surface area contributed by atoms with Gasteiger partial charge in [0.2, 0.25) is 5.91 Å². The minimum absolute atomic E-state index is 0.145. The van der Waals surface area contributed by atoms with Crippen molar-refractivity contribution in [2.24, 2.45) is 0 Å². The van der Waals surface area contributed by atoms with Crippen molar-refractivity contribution in [3.8, 4) is 0 Å². The first kappa shape index (κ1) is 22.0. The van der Waals surface area contributed by atoms with Crippen molar-refractivity contribution in [3.63, 3.8) is 0 Å². The molecule has 7 nitrogen and oxygen atoms in total. The minimum atomic E-state index is -3.78. The van der Waals surface area contributed by atoms with E-state index in [1.165, 1.54) is 19.1 Å². The number of anilines is 3. The van der Waals surface area contributed by atoms with Gasteiger partial charge in [0.1, 0.15) is 0 Å². The molecule has 0 bridgehead atoms. The molecule has 0 fully saturated rings. The number of carbonyl (C=O) groups is 2. The topological polar surface area (TPSA) is 104 Å². The molecule has 8 heteroatoms. The molecule has 0 radical (unpaired) electrons. The van der Waals surface area contributed by atoms with Gasteiger partial charge in [0.05, 0.1) is 10.6 Å². The van der Waals surface area contributed by atoms with Crippen molar-refractivity contribution in [2.45, 2.75) is 25.7 Å². The zero-order chi connectivity index (χ0) is 22.6. The standard InChI is InChI=1S/C23H23N3O4S/c1-15-7-13-20(14-8-15)31(29,30)26-22-6-4-5-21(16(22)2)23(28)25-19-11-9-18(10-12-19)24-17(3)27/h4-14,26H,1-3H3,(H,24,27)(H,25,28). The Balaban J connectivity index is 1.79. The molecule has 0 aliphatic carbocycles. The van der Waals surface area contributed by atoms with Gasteiger partial charge in [0.25, 0.3) is 15.9 Å². The average molecular weight is 438 g/mol. The molecule has 3 aromatic rings. The number of benzene rings is 3. The first-order chi connectivity index (χ1) is 14.7. The van der Waals surface area contributed by atoms with Crippen LogP contribution >= 0.6 is 0 Å². The molecular weight excluding hydrogens is 414 g/mol. The normalized spacial score (nSPS) is 10.9. The molecule has 0 spiro atoms. The van der Waals surface area contributed by atoms with Gasteiger partial charge in [-0.1, -0.05) is 23.8 Å². The number of amides is 2. The summed E-state index contributed by atoms with van der Waals surface area (Å²) in [4.78, 5) is 24.0. The smallest absolute Gasteiger partial charge is 0.261 e. The highest BCUT2D eigenvalue weighted by molar-refractivity contribution is 7.92. The lowest BCUT2D eigenvalue weighted by molar-refractivity contribution is -0.114. The average Bonchev–Trinajstić information content (AvgIpc) is 2.71. The summed E-state index contributed by atoms with van der Waals surface area (Å²) in [6, 6.07) is 18.1. The largest absolute Gasteiger partial charge is 0.326 e. The Hall–Kier alpha value is -3.65. The van der Waals surface area contributed by atoms with E-state index in [0.29, 0.717) is 28.2 Å². The first-order valence-electron chi connectivity index (χ1n) is 9.54. The fraction of sp³-hybridized carbons (Fsp3) is 0.130. The van der Waals surface area contributed by atoms with Crippen LogP contribution in [-0.4, -0.2) is 20.2 Å². The maximum Gasteiger partial charge on any atom is 0.261 e. The molecule has 0 unspecified atom stereocenters. The van der Waals surface area contributed by atoms with E-state index in [-0.39, 0.29) is 16.7 Å². The number of aryl methyl sites for hydroxylation is 1. The lowest BCUT2D eigenvalue weighted by atomic mass is 10.1. The lowest BCUT2D eigenvalue weighted by Gasteiger charge is -2.14. The Morgan fingerprint density at radius 1 is 0.774 bits per heavy atom. The highest BCUT2D eigenvalue weighted by atomic mass is 32.2. The van der Waals surface area contributed by atoms with Crippen molar-refractivity contribution < 1.29 is 18.0 Å². The third-order valence-electron chi connectivity index (χ3n) is 4.62. The molecule has 0 saturated heterocycles. The number of nitrogens with one attached hydrogen (secondary N) is 3. The van der Waals surface area contributed by atoms with Gasteiger partial charge in [-0.25, -0.2) is 8.42 Å². The lowest BCUT2D eigenvalue weighted by Crippen LogP contribution is -2.17. The van der Waals surface area contributed by atoms with Crippen molar-refractivity contribution in [2.75, 3.05) is 15.4 Å². The molecule has 160 valence electrons. The van der Waals surface area contributed by atoms with Crippen LogP contribution in [0.15, 0.2) is 71.6 Å². The molecule has 0 atom stereocenters. The van der Waals surface area contributed by atoms with Gasteiger partial charge in [0.15, 0.2) is 0 Å². The molecule has 0 aliphatic rings. The molecule has 2 amide bonds. The Bertz CT molecular complexity index is 1220. The fourth-order valence-electron chi connectivity index (χ4n) is 2.95. The number of rotatable bonds is 6. The summed E-state index contributed by atoms with van der Waals surface area (Å²) < 4.78 is 28.0. The second-order valence-corrected chi connectivity index (χ2v) is 8.79. The second kappa shape index (κ2) is 9.01. The van der Waals surface area contributed by atoms with Gasteiger partial charge < -0.3 is 10.6 Å². The van der Waals surface area contributed by atoms with E-state index in [0.717, 1.165) is 5.56 Å². The quantitative estimate of drug-likeness (QED) is 0.534. The summed E-state index contributed by atoms with van der Waals surface area (Å²) in [7, 11) is -3.78. The molecule has 31 heavy (non-hydrogen) atoms. The van der Waals surface area contributed by atoms with Gasteiger partial charge >= 0.3 is 0 Å². The van der Waals surface area contributed by atoms with Gasteiger partial charge in [0, 0.05) is 23.9 Å². The van der Waals surface area contributed by atoms with Crippen LogP contribution in [0.2, 0.25) is 0 Å². The second-order valence-electron chi connectivity index (χ2n) is 7.11. The minimum Gasteiger partial charge on any atom is -0.326 e. The molecular formula is C23H23N3O4S. The van der Waals surface area contributed by atoms with Crippen LogP contribution in [0.1, 0.15) is 28.4 Å². The summed E-state index contributed by atoms with van der Waals surface area (Å²) in [6.45, 7) is 4.98. The zero-order valence-corrected chi connectivity index (χ0v) is 18.2. The summed E-state index contributed by atoms with van der Waals surface area (Å²) >= 11 is 0. The van der Waals surface area contributed by atoms with E-state index in [4.69, 9.17) is 0 Å². The molecule has 0 heterocycles. The molecule has 0 aromatic heterocycles. The number of hydrogen-bond donors (Lipinski definition) is 3. The highest BCUT2D eigenvalue weighted by Gasteiger charge is 2.18. The van der Waals surface area contributed by atoms with E-state index in [9.17, 15) is 18.0 Å². The Kier molecular flexibility index (Phi) is 6.41. The first-order valence-corrected chi connectivity index (χ1v) is 11.0. The van der Waals surface area contributed by atoms with Crippen molar-refractivity contribution in [1.82, 2.24) is 0 Å². The van der Waals surface area contributed by atoms with Crippen LogP contribution in [0.4, 0.5) is 17.1 Å². The monoisotopic (exact) mass is 437 g/mol. The van der Waals surface area contributed by atoms with Crippen LogP contribution < -0.4 is 15.4 Å². The van der Waals surface area contributed by atoms with Crippen molar-refractivity contribution in [3.05, 3.63) is 83.4 Å². The summed E-state index contributed by atoms with van der Waals surface area (Å²) in [5, 5.41) is 5.43. The molecule has 0 aliphatic heterocycles. The van der Waals surface area contributed by atoms with Crippen molar-refractivity contribution >= 4 is 38.9 Å². The Morgan fingerprint density at radius 3 is 1.94 bits per heavy atom. The van der Waals surface area contributed by atoms with E-state index in [1.54, 1.807) is 61.5 Å². The number of hydrogen-bond acceptors (Lipinski definition) is 4. The van der Waals surface area contributed by atoms with E-state index < -0.39 is 10.0 Å². The third-order valence-corrected chi connectivity index (χ3v) is 6.00. The molecule has 3 rings (SSSR count). The van der Waals surface area contributed by atoms with Gasteiger partial charge in [-0.2, -0.15) is 0 Å². The van der Waals surface area contributed by atoms with Crippen molar-refractivity contribution in [1.29, 1.82) is 0 Å². The SMILES string of the molecule is CC(=O)Nc1ccc(NC(=O)c2cccc(NS(=O)(=O)c3ccc(C)cc3)c2C)cc1. The van der Waals surface area contributed by atoms with Gasteiger partial charge in [-0.3, -0.25) is 14.3 Å². The van der Waals surface area contributed by atoms with Crippen LogP contribution in [0.5, 0.6) is 0 Å². The number of sulfonamides is 1. The van der Waals surface area contributed by atoms with Crippen LogP contribution in [0.3, 0.4) is 0 Å². The van der Waals surface area contributed by atoms with Gasteiger partial charge in [-0.05, 0) is 67.9 Å².